The van der Waals surface area contributed by atoms with E-state index in [0.717, 1.165) is 11.1 Å². The fraction of sp³-hybridized carbons (Fsp3) is 0.324. The molecule has 0 saturated carbocycles. The minimum absolute atomic E-state index is 0.0373. The summed E-state index contributed by atoms with van der Waals surface area (Å²) >= 11 is 0. The zero-order valence-electron chi connectivity index (χ0n) is 28.0. The van der Waals surface area contributed by atoms with Crippen LogP contribution in [0, 0.1) is 13.8 Å². The largest absolute Gasteiger partial charge is 0.444 e. The predicted molar refractivity (Wildman–Crippen MR) is 186 cm³/mol. The maximum Gasteiger partial charge on any atom is 0.410 e. The fourth-order valence-electron chi connectivity index (χ4n) is 6.04. The van der Waals surface area contributed by atoms with E-state index >= 15 is 0 Å². The van der Waals surface area contributed by atoms with Crippen molar-refractivity contribution in [2.24, 2.45) is 0 Å². The van der Waals surface area contributed by atoms with Crippen LogP contribution in [0.15, 0.2) is 119 Å². The van der Waals surface area contributed by atoms with Crippen molar-refractivity contribution in [2.75, 3.05) is 13.1 Å². The summed E-state index contributed by atoms with van der Waals surface area (Å²) in [6.07, 6.45) is -0.643. The maximum absolute atomic E-state index is 14.8. The summed E-state index contributed by atoms with van der Waals surface area (Å²) in [6, 6.07) is 29.9. The quantitative estimate of drug-likeness (QED) is 0.192. The molecule has 0 spiro atoms. The number of nitrogens with zero attached hydrogens (tertiary/aromatic N) is 3. The normalized spacial score (nSPS) is 17.2. The van der Waals surface area contributed by atoms with Crippen LogP contribution in [0.3, 0.4) is 0 Å². The van der Waals surface area contributed by atoms with E-state index in [4.69, 9.17) is 4.74 Å². The van der Waals surface area contributed by atoms with Gasteiger partial charge >= 0.3 is 6.09 Å². The second-order valence-corrected chi connectivity index (χ2v) is 16.8. The molecule has 0 bridgehead atoms. The van der Waals surface area contributed by atoms with Crippen LogP contribution in [-0.2, 0) is 37.9 Å². The molecule has 1 saturated heterocycles. The van der Waals surface area contributed by atoms with E-state index in [1.807, 2.05) is 60.7 Å². The van der Waals surface area contributed by atoms with E-state index in [1.54, 1.807) is 83.1 Å². The van der Waals surface area contributed by atoms with Crippen LogP contribution in [0.4, 0.5) is 4.79 Å². The number of carbonyl (C=O) groups is 1. The van der Waals surface area contributed by atoms with Gasteiger partial charge in [-0.05, 0) is 69.0 Å². The van der Waals surface area contributed by atoms with Crippen LogP contribution in [-0.4, -0.2) is 67.2 Å². The molecule has 48 heavy (non-hydrogen) atoms. The van der Waals surface area contributed by atoms with Crippen LogP contribution in [0.2, 0.25) is 0 Å². The molecular weight excluding hydrogens is 647 g/mol. The topological polar surface area (TPSA) is 104 Å². The molecule has 4 aromatic rings. The smallest absolute Gasteiger partial charge is 0.410 e. The summed E-state index contributed by atoms with van der Waals surface area (Å²) in [4.78, 5) is 15.3. The highest BCUT2D eigenvalue weighted by Gasteiger charge is 2.50. The van der Waals surface area contributed by atoms with Crippen LogP contribution in [0.5, 0.6) is 0 Å². The van der Waals surface area contributed by atoms with Crippen LogP contribution in [0.1, 0.15) is 43.0 Å². The first-order valence-corrected chi connectivity index (χ1v) is 18.8. The van der Waals surface area contributed by atoms with Crippen molar-refractivity contribution in [1.29, 1.82) is 0 Å². The number of aryl methyl sites for hydroxylation is 2. The molecule has 0 N–H and O–H groups in total. The van der Waals surface area contributed by atoms with Crippen LogP contribution < -0.4 is 0 Å². The fourth-order valence-corrected chi connectivity index (χ4v) is 9.76. The Balaban J connectivity index is 1.71. The van der Waals surface area contributed by atoms with Crippen molar-refractivity contribution in [2.45, 2.75) is 75.2 Å². The van der Waals surface area contributed by atoms with Crippen molar-refractivity contribution in [1.82, 2.24) is 13.5 Å². The molecule has 9 nitrogen and oxygen atoms in total. The van der Waals surface area contributed by atoms with Gasteiger partial charge in [0.05, 0.1) is 21.9 Å². The molecule has 1 fully saturated rings. The molecule has 254 valence electrons. The number of amides is 1. The van der Waals surface area contributed by atoms with Gasteiger partial charge in [0, 0.05) is 26.2 Å². The highest BCUT2D eigenvalue weighted by molar-refractivity contribution is 7.89. The summed E-state index contributed by atoms with van der Waals surface area (Å²) in [7, 11) is -8.44. The second kappa shape index (κ2) is 14.2. The minimum Gasteiger partial charge on any atom is -0.444 e. The van der Waals surface area contributed by atoms with E-state index in [-0.39, 0.29) is 36.0 Å². The summed E-state index contributed by atoms with van der Waals surface area (Å²) in [5, 5.41) is 0. The zero-order chi connectivity index (χ0) is 34.7. The third-order valence-electron chi connectivity index (χ3n) is 8.37. The van der Waals surface area contributed by atoms with E-state index in [0.29, 0.717) is 11.1 Å². The standard InChI is InChI=1S/C37H43N3O6S2/c1-28-16-12-14-22-34(28)47(42,43)39(24-30-18-8-6-9-19-30)32-26-38(36(41)46-37(3,4)5)27-33(32)40(25-31-20-10-7-11-21-31)48(44,45)35-23-15-13-17-29(35)2/h6-23,32-33H,24-27H2,1-5H3/t32-,33-/m0/s1. The first kappa shape index (κ1) is 35.3. The summed E-state index contributed by atoms with van der Waals surface area (Å²) in [5.74, 6) is 0. The van der Waals surface area contributed by atoms with Crippen molar-refractivity contribution < 1.29 is 26.4 Å². The van der Waals surface area contributed by atoms with Gasteiger partial charge in [-0.25, -0.2) is 21.6 Å². The average molecular weight is 690 g/mol. The molecular formula is C37H43N3O6S2. The van der Waals surface area contributed by atoms with Gasteiger partial charge < -0.3 is 9.64 Å². The average Bonchev–Trinajstić information content (AvgIpc) is 3.47. The van der Waals surface area contributed by atoms with Crippen molar-refractivity contribution in [3.8, 4) is 0 Å². The lowest BCUT2D eigenvalue weighted by Crippen LogP contribution is -2.54. The van der Waals surface area contributed by atoms with Gasteiger partial charge in [-0.2, -0.15) is 8.61 Å². The number of rotatable bonds is 10. The maximum atomic E-state index is 14.8. The van der Waals surface area contributed by atoms with Crippen LogP contribution in [0.25, 0.3) is 0 Å². The molecule has 0 unspecified atom stereocenters. The number of sulfonamides is 2. The van der Waals surface area contributed by atoms with Crippen molar-refractivity contribution >= 4 is 26.1 Å². The molecule has 4 aromatic carbocycles. The number of likely N-dealkylation sites (tertiary alicyclic amines) is 1. The lowest BCUT2D eigenvalue weighted by molar-refractivity contribution is 0.0281. The monoisotopic (exact) mass is 689 g/mol. The number of ether oxygens (including phenoxy) is 1. The second-order valence-electron chi connectivity index (χ2n) is 13.1. The number of benzene rings is 4. The molecule has 1 aliphatic rings. The lowest BCUT2D eigenvalue weighted by atomic mass is 10.1. The molecule has 2 atom stereocenters. The predicted octanol–water partition coefficient (Wildman–Crippen LogP) is 6.37. The van der Waals surface area contributed by atoms with Crippen molar-refractivity contribution in [3.05, 3.63) is 131 Å². The highest BCUT2D eigenvalue weighted by Crippen LogP contribution is 2.34. The van der Waals surface area contributed by atoms with Gasteiger partial charge in [-0.3, -0.25) is 0 Å². The molecule has 0 radical (unpaired) electrons. The van der Waals surface area contributed by atoms with Crippen LogP contribution >= 0.6 is 0 Å². The van der Waals surface area contributed by atoms with Gasteiger partial charge in [0.2, 0.25) is 20.0 Å². The van der Waals surface area contributed by atoms with Crippen molar-refractivity contribution in [3.63, 3.8) is 0 Å². The van der Waals surface area contributed by atoms with E-state index in [1.165, 1.54) is 13.5 Å². The molecule has 5 rings (SSSR count). The molecule has 0 aromatic heterocycles. The van der Waals surface area contributed by atoms with Gasteiger partial charge in [-0.1, -0.05) is 97.1 Å². The Bertz CT molecular complexity index is 1820. The third kappa shape index (κ3) is 7.81. The number of carbonyl (C=O) groups excluding carboxylic acids is 1. The molecule has 11 heteroatoms. The van der Waals surface area contributed by atoms with Gasteiger partial charge in [-0.15, -0.1) is 0 Å². The van der Waals surface area contributed by atoms with E-state index < -0.39 is 43.8 Å². The Morgan fingerprint density at radius 3 is 1.35 bits per heavy atom. The molecule has 0 aliphatic carbocycles. The molecule has 1 heterocycles. The molecule has 1 amide bonds. The Morgan fingerprint density at radius 2 is 1.00 bits per heavy atom. The lowest BCUT2D eigenvalue weighted by Gasteiger charge is -2.37. The molecule has 1 aliphatic heterocycles. The number of hydrogen-bond donors (Lipinski definition) is 0. The third-order valence-corrected chi connectivity index (χ3v) is 12.4. The Hall–Kier alpha value is -4.03. The van der Waals surface area contributed by atoms with E-state index in [2.05, 4.69) is 0 Å². The summed E-state index contributed by atoms with van der Waals surface area (Å²) in [6.45, 7) is 8.50. The SMILES string of the molecule is Cc1ccccc1S(=O)(=O)N(Cc1ccccc1)[C@H]1CN(C(=O)OC(C)(C)C)C[C@@H]1N(Cc1ccccc1)S(=O)(=O)c1ccccc1C. The summed E-state index contributed by atoms with van der Waals surface area (Å²) in [5.41, 5.74) is 1.74. The first-order chi connectivity index (χ1) is 22.7. The Labute approximate surface area is 284 Å². The van der Waals surface area contributed by atoms with E-state index in [9.17, 15) is 21.6 Å². The number of hydrogen-bond acceptors (Lipinski definition) is 6. The Morgan fingerprint density at radius 1 is 0.646 bits per heavy atom. The summed E-state index contributed by atoms with van der Waals surface area (Å²) < 4.78 is 67.6. The highest BCUT2D eigenvalue weighted by atomic mass is 32.2. The van der Waals surface area contributed by atoms with Gasteiger partial charge in [0.25, 0.3) is 0 Å². The Kier molecular flexibility index (Phi) is 10.4. The first-order valence-electron chi connectivity index (χ1n) is 15.9. The van der Waals surface area contributed by atoms with Gasteiger partial charge in [0.15, 0.2) is 0 Å². The zero-order valence-corrected chi connectivity index (χ0v) is 29.6. The van der Waals surface area contributed by atoms with Gasteiger partial charge in [0.1, 0.15) is 5.60 Å². The minimum atomic E-state index is -4.22.